The molecule has 0 saturated carbocycles. The molecule has 0 aliphatic rings. The zero-order chi connectivity index (χ0) is 45.1. The maximum Gasteiger partial charge on any atom is 0.306 e. The molecule has 0 aromatic heterocycles. The second kappa shape index (κ2) is 50.8. The van der Waals surface area contributed by atoms with Crippen molar-refractivity contribution in [1.29, 1.82) is 0 Å². The normalized spacial score (nSPS) is 12.5. The zero-order valence-electron chi connectivity index (χ0n) is 40.9. The highest BCUT2D eigenvalue weighted by molar-refractivity contribution is 5.71. The molecule has 0 amide bonds. The summed E-state index contributed by atoms with van der Waals surface area (Å²) >= 11 is 0. The monoisotopic (exact) mass is 867 g/mol. The predicted octanol–water partition coefficient (Wildman–Crippen LogP) is 17.3. The highest BCUT2D eigenvalue weighted by Crippen LogP contribution is 2.14. The van der Waals surface area contributed by atoms with E-state index in [9.17, 15) is 14.4 Å². The Kier molecular flexibility index (Phi) is 48.4. The molecule has 0 rings (SSSR count). The Hall–Kier alpha value is -2.89. The first kappa shape index (κ1) is 59.1. The summed E-state index contributed by atoms with van der Waals surface area (Å²) in [6.45, 7) is 6.55. The van der Waals surface area contributed by atoms with E-state index in [1.165, 1.54) is 109 Å². The van der Waals surface area contributed by atoms with Crippen molar-refractivity contribution in [2.24, 2.45) is 0 Å². The molecule has 0 spiro atoms. The van der Waals surface area contributed by atoms with Gasteiger partial charge in [-0.1, -0.05) is 191 Å². The molecule has 6 heteroatoms. The van der Waals surface area contributed by atoms with E-state index in [-0.39, 0.29) is 31.1 Å². The van der Waals surface area contributed by atoms with Gasteiger partial charge in [0.05, 0.1) is 0 Å². The smallest absolute Gasteiger partial charge is 0.306 e. The van der Waals surface area contributed by atoms with Crippen LogP contribution in [0.1, 0.15) is 258 Å². The van der Waals surface area contributed by atoms with Gasteiger partial charge in [0.1, 0.15) is 13.2 Å². The molecule has 0 aliphatic heterocycles. The van der Waals surface area contributed by atoms with E-state index in [1.54, 1.807) is 0 Å². The summed E-state index contributed by atoms with van der Waals surface area (Å²) in [6, 6.07) is 0. The van der Waals surface area contributed by atoms with Crippen molar-refractivity contribution in [2.45, 2.75) is 264 Å². The van der Waals surface area contributed by atoms with Crippen LogP contribution < -0.4 is 0 Å². The van der Waals surface area contributed by atoms with Crippen molar-refractivity contribution in [3.63, 3.8) is 0 Å². The molecule has 0 radical (unpaired) electrons. The Morgan fingerprint density at radius 2 is 0.581 bits per heavy atom. The van der Waals surface area contributed by atoms with E-state index in [1.807, 2.05) is 0 Å². The third-order valence-corrected chi connectivity index (χ3v) is 11.2. The summed E-state index contributed by atoms with van der Waals surface area (Å²) in [5.41, 5.74) is 0. The molecule has 0 aliphatic carbocycles. The highest BCUT2D eigenvalue weighted by Gasteiger charge is 2.19. The molecule has 0 aromatic carbocycles. The third-order valence-electron chi connectivity index (χ3n) is 11.2. The molecule has 1 atom stereocenters. The number of esters is 3. The Bertz CT molecular complexity index is 1130. The number of carbonyl (C=O) groups is 3. The summed E-state index contributed by atoms with van der Waals surface area (Å²) in [6.07, 6.45) is 61.9. The standard InChI is InChI=1S/C56H98O6/c1-4-7-10-13-16-19-22-25-28-31-34-37-40-43-46-49-55(58)61-52-53(51-60-54(57)48-45-42-39-36-33-30-27-24-21-18-15-12-9-6-3)62-56(59)50-47-44-41-38-35-32-29-26-23-20-17-14-11-8-5-2/h16-17,19-20,24-29,53H,4-15,18,21-23,30-52H2,1-3H3/b19-16-,20-17-,27-24-,28-25-,29-26-/t53-/m1/s1. The van der Waals surface area contributed by atoms with Gasteiger partial charge in [-0.3, -0.25) is 14.4 Å². The summed E-state index contributed by atoms with van der Waals surface area (Å²) in [4.78, 5) is 38.0. The van der Waals surface area contributed by atoms with Crippen molar-refractivity contribution in [2.75, 3.05) is 13.2 Å². The second-order valence-electron chi connectivity index (χ2n) is 17.4. The van der Waals surface area contributed by atoms with Crippen molar-refractivity contribution < 1.29 is 28.6 Å². The third kappa shape index (κ3) is 48.1. The zero-order valence-corrected chi connectivity index (χ0v) is 40.9. The number of unbranched alkanes of at least 4 members (excludes halogenated alkanes) is 26. The number of rotatable bonds is 47. The highest BCUT2D eigenvalue weighted by atomic mass is 16.6. The maximum absolute atomic E-state index is 12.8. The predicted molar refractivity (Wildman–Crippen MR) is 265 cm³/mol. The van der Waals surface area contributed by atoms with Crippen LogP contribution in [-0.4, -0.2) is 37.2 Å². The average Bonchev–Trinajstić information content (AvgIpc) is 3.27. The van der Waals surface area contributed by atoms with Gasteiger partial charge in [0.15, 0.2) is 6.10 Å². The lowest BCUT2D eigenvalue weighted by Gasteiger charge is -2.18. The first-order valence-corrected chi connectivity index (χ1v) is 26.3. The summed E-state index contributed by atoms with van der Waals surface area (Å²) < 4.78 is 16.8. The lowest BCUT2D eigenvalue weighted by atomic mass is 10.1. The minimum atomic E-state index is -0.789. The van der Waals surface area contributed by atoms with Crippen LogP contribution in [0.3, 0.4) is 0 Å². The fourth-order valence-electron chi connectivity index (χ4n) is 7.20. The number of hydrogen-bond acceptors (Lipinski definition) is 6. The molecule has 0 bridgehead atoms. The van der Waals surface area contributed by atoms with Gasteiger partial charge in [-0.05, 0) is 109 Å². The van der Waals surface area contributed by atoms with E-state index in [2.05, 4.69) is 81.5 Å². The van der Waals surface area contributed by atoms with Gasteiger partial charge in [-0.25, -0.2) is 0 Å². The van der Waals surface area contributed by atoms with Gasteiger partial charge < -0.3 is 14.2 Å². The van der Waals surface area contributed by atoms with E-state index in [0.717, 1.165) is 109 Å². The molecule has 358 valence electrons. The maximum atomic E-state index is 12.8. The van der Waals surface area contributed by atoms with Crippen LogP contribution in [0.25, 0.3) is 0 Å². The van der Waals surface area contributed by atoms with Crippen molar-refractivity contribution in [3.8, 4) is 0 Å². The van der Waals surface area contributed by atoms with E-state index < -0.39 is 6.10 Å². The average molecular weight is 867 g/mol. The second-order valence-corrected chi connectivity index (χ2v) is 17.4. The molecule has 62 heavy (non-hydrogen) atoms. The SMILES string of the molecule is CCCCC/C=C\C/C=C\CCCCCCCC(=O)OC[C@@H](COC(=O)CCCCCCC/C=C\CCCCCCC)OC(=O)CCCCCCC/C=C\C/C=C\CCCCC. The Morgan fingerprint density at radius 1 is 0.323 bits per heavy atom. The van der Waals surface area contributed by atoms with Crippen LogP contribution in [0.15, 0.2) is 60.8 Å². The molecule has 0 saturated heterocycles. The summed E-state index contributed by atoms with van der Waals surface area (Å²) in [5, 5.41) is 0. The lowest BCUT2D eigenvalue weighted by molar-refractivity contribution is -0.167. The van der Waals surface area contributed by atoms with Gasteiger partial charge in [-0.15, -0.1) is 0 Å². The number of hydrogen-bond donors (Lipinski definition) is 0. The molecule has 0 unspecified atom stereocenters. The van der Waals surface area contributed by atoms with Crippen LogP contribution >= 0.6 is 0 Å². The summed E-state index contributed by atoms with van der Waals surface area (Å²) in [7, 11) is 0. The Balaban J connectivity index is 4.44. The topological polar surface area (TPSA) is 78.9 Å². The molecular formula is C56H98O6. The van der Waals surface area contributed by atoms with Gasteiger partial charge in [0.25, 0.3) is 0 Å². The van der Waals surface area contributed by atoms with Crippen LogP contribution in [0.2, 0.25) is 0 Å². The molecule has 0 heterocycles. The van der Waals surface area contributed by atoms with E-state index >= 15 is 0 Å². The summed E-state index contributed by atoms with van der Waals surface area (Å²) in [5.74, 6) is -0.920. The van der Waals surface area contributed by atoms with Crippen LogP contribution in [0, 0.1) is 0 Å². The first-order chi connectivity index (χ1) is 30.5. The largest absolute Gasteiger partial charge is 0.462 e. The quantitative estimate of drug-likeness (QED) is 0.0262. The van der Waals surface area contributed by atoms with Crippen LogP contribution in [0.5, 0.6) is 0 Å². The van der Waals surface area contributed by atoms with Crippen molar-refractivity contribution >= 4 is 17.9 Å². The Labute approximate surface area is 383 Å². The number of ether oxygens (including phenoxy) is 3. The minimum Gasteiger partial charge on any atom is -0.462 e. The Morgan fingerprint density at radius 3 is 0.935 bits per heavy atom. The van der Waals surface area contributed by atoms with E-state index in [0.29, 0.717) is 19.3 Å². The molecular weight excluding hydrogens is 769 g/mol. The molecule has 0 aromatic rings. The van der Waals surface area contributed by atoms with Crippen molar-refractivity contribution in [3.05, 3.63) is 60.8 Å². The van der Waals surface area contributed by atoms with Gasteiger partial charge in [0.2, 0.25) is 0 Å². The molecule has 6 nitrogen and oxygen atoms in total. The van der Waals surface area contributed by atoms with Crippen LogP contribution in [0.4, 0.5) is 0 Å². The number of allylic oxidation sites excluding steroid dienone is 10. The fourth-order valence-corrected chi connectivity index (χ4v) is 7.20. The van der Waals surface area contributed by atoms with Gasteiger partial charge in [-0.2, -0.15) is 0 Å². The van der Waals surface area contributed by atoms with Gasteiger partial charge in [0, 0.05) is 19.3 Å². The number of carbonyl (C=O) groups excluding carboxylic acids is 3. The van der Waals surface area contributed by atoms with Gasteiger partial charge >= 0.3 is 17.9 Å². The fraction of sp³-hybridized carbons (Fsp3) is 0.768. The first-order valence-electron chi connectivity index (χ1n) is 26.3. The van der Waals surface area contributed by atoms with Crippen molar-refractivity contribution in [1.82, 2.24) is 0 Å². The van der Waals surface area contributed by atoms with Crippen LogP contribution in [-0.2, 0) is 28.6 Å². The molecule has 0 fully saturated rings. The van der Waals surface area contributed by atoms with E-state index in [4.69, 9.17) is 14.2 Å². The lowest BCUT2D eigenvalue weighted by Crippen LogP contribution is -2.30. The molecule has 0 N–H and O–H groups in total. The minimum absolute atomic E-state index is 0.0886.